The lowest BCUT2D eigenvalue weighted by atomic mass is 9.86. The number of hydrogen-bond donors (Lipinski definition) is 3. The minimum Gasteiger partial charge on any atom is -0.481 e. The molecule has 0 spiro atoms. The molecular formula is C16H27N3O5. The van der Waals surface area contributed by atoms with Crippen LogP contribution in [0.1, 0.15) is 39.0 Å². The highest BCUT2D eigenvalue weighted by atomic mass is 16.5. The van der Waals surface area contributed by atoms with Crippen LogP contribution in [-0.4, -0.2) is 66.3 Å². The van der Waals surface area contributed by atoms with Crippen LogP contribution in [0.15, 0.2) is 0 Å². The molecule has 0 radical (unpaired) electrons. The highest BCUT2D eigenvalue weighted by Crippen LogP contribution is 2.24. The van der Waals surface area contributed by atoms with Crippen molar-refractivity contribution in [3.63, 3.8) is 0 Å². The molecule has 1 saturated heterocycles. The average Bonchev–Trinajstić information content (AvgIpc) is 2.60. The third-order valence-corrected chi connectivity index (χ3v) is 4.75. The predicted molar refractivity (Wildman–Crippen MR) is 86.5 cm³/mol. The molecule has 1 heterocycles. The molecule has 1 saturated carbocycles. The number of carboxylic acids is 1. The van der Waals surface area contributed by atoms with Gasteiger partial charge in [-0.1, -0.05) is 6.92 Å². The number of urea groups is 1. The Hall–Kier alpha value is -1.83. The Morgan fingerprint density at radius 2 is 1.79 bits per heavy atom. The molecule has 0 aromatic rings. The number of carbonyl (C=O) groups is 3. The van der Waals surface area contributed by atoms with Crippen molar-refractivity contribution in [3.05, 3.63) is 0 Å². The third-order valence-electron chi connectivity index (χ3n) is 4.75. The quantitative estimate of drug-likeness (QED) is 0.677. The van der Waals surface area contributed by atoms with Crippen molar-refractivity contribution in [2.24, 2.45) is 5.92 Å². The molecule has 24 heavy (non-hydrogen) atoms. The highest BCUT2D eigenvalue weighted by Gasteiger charge is 2.29. The van der Waals surface area contributed by atoms with Gasteiger partial charge in [0.15, 0.2) is 0 Å². The fourth-order valence-electron chi connectivity index (χ4n) is 3.21. The van der Waals surface area contributed by atoms with Crippen molar-refractivity contribution in [1.29, 1.82) is 0 Å². The zero-order valence-electron chi connectivity index (χ0n) is 14.1. The van der Waals surface area contributed by atoms with Crippen molar-refractivity contribution < 1.29 is 24.2 Å². The van der Waals surface area contributed by atoms with Gasteiger partial charge in [0.2, 0.25) is 5.91 Å². The fourth-order valence-corrected chi connectivity index (χ4v) is 3.21. The number of carboxylic acid groups (broad SMARTS) is 1. The lowest BCUT2D eigenvalue weighted by Gasteiger charge is -2.31. The topological polar surface area (TPSA) is 108 Å². The monoisotopic (exact) mass is 341 g/mol. The zero-order chi connectivity index (χ0) is 17.5. The van der Waals surface area contributed by atoms with E-state index in [-0.39, 0.29) is 23.9 Å². The average molecular weight is 341 g/mol. The Labute approximate surface area is 141 Å². The van der Waals surface area contributed by atoms with Crippen LogP contribution < -0.4 is 10.6 Å². The standard InChI is InChI=1S/C16H27N3O5/c1-2-13(14(20)19-7-9-24-10-8-19)18-16(23)17-12-5-3-11(4-6-12)15(21)22/h11-13H,2-10H2,1H3,(H,21,22)(H2,17,18,23). The van der Waals surface area contributed by atoms with Crippen molar-refractivity contribution in [3.8, 4) is 0 Å². The summed E-state index contributed by atoms with van der Waals surface area (Å²) in [5.74, 6) is -1.15. The van der Waals surface area contributed by atoms with E-state index in [9.17, 15) is 14.4 Å². The normalized spacial score (nSPS) is 25.6. The number of nitrogens with one attached hydrogen (secondary N) is 2. The summed E-state index contributed by atoms with van der Waals surface area (Å²) >= 11 is 0. The van der Waals surface area contributed by atoms with Crippen molar-refractivity contribution >= 4 is 17.9 Å². The molecule has 2 rings (SSSR count). The van der Waals surface area contributed by atoms with Crippen LogP contribution in [0.3, 0.4) is 0 Å². The van der Waals surface area contributed by atoms with Crippen LogP contribution in [0.5, 0.6) is 0 Å². The Morgan fingerprint density at radius 3 is 2.33 bits per heavy atom. The number of nitrogens with zero attached hydrogens (tertiary/aromatic N) is 1. The number of carbonyl (C=O) groups excluding carboxylic acids is 2. The molecule has 1 aliphatic heterocycles. The van der Waals surface area contributed by atoms with Crippen molar-refractivity contribution in [1.82, 2.24) is 15.5 Å². The van der Waals surface area contributed by atoms with E-state index < -0.39 is 12.0 Å². The number of rotatable bonds is 5. The van der Waals surface area contributed by atoms with Gasteiger partial charge >= 0.3 is 12.0 Å². The van der Waals surface area contributed by atoms with Gasteiger partial charge in [0.05, 0.1) is 19.1 Å². The van der Waals surface area contributed by atoms with E-state index in [2.05, 4.69) is 10.6 Å². The summed E-state index contributed by atoms with van der Waals surface area (Å²) in [4.78, 5) is 37.2. The van der Waals surface area contributed by atoms with E-state index in [0.717, 1.165) is 0 Å². The molecule has 3 amide bonds. The first-order valence-electron chi connectivity index (χ1n) is 8.67. The Bertz CT molecular complexity index is 457. The van der Waals surface area contributed by atoms with Crippen LogP contribution in [0.4, 0.5) is 4.79 Å². The summed E-state index contributed by atoms with van der Waals surface area (Å²) in [5.41, 5.74) is 0. The van der Waals surface area contributed by atoms with Gasteiger partial charge in [0.1, 0.15) is 6.04 Å². The zero-order valence-corrected chi connectivity index (χ0v) is 14.1. The number of ether oxygens (including phenoxy) is 1. The number of aliphatic carboxylic acids is 1. The molecule has 0 aromatic carbocycles. The van der Waals surface area contributed by atoms with E-state index in [1.165, 1.54) is 0 Å². The summed E-state index contributed by atoms with van der Waals surface area (Å²) < 4.78 is 5.23. The van der Waals surface area contributed by atoms with Gasteiger partial charge in [0, 0.05) is 19.1 Å². The minimum atomic E-state index is -0.764. The molecule has 0 bridgehead atoms. The number of amides is 3. The summed E-state index contributed by atoms with van der Waals surface area (Å²) in [5, 5.41) is 14.6. The summed E-state index contributed by atoms with van der Waals surface area (Å²) in [6, 6.07) is -0.933. The Kier molecular flexibility index (Phi) is 6.84. The molecule has 1 unspecified atom stereocenters. The second kappa shape index (κ2) is 8.86. The lowest BCUT2D eigenvalue weighted by molar-refractivity contribution is -0.143. The van der Waals surface area contributed by atoms with E-state index in [1.54, 1.807) is 4.90 Å². The molecule has 3 N–H and O–H groups in total. The SMILES string of the molecule is CCC(NC(=O)NC1CCC(C(=O)O)CC1)C(=O)N1CCOCC1. The van der Waals surface area contributed by atoms with E-state index in [4.69, 9.17) is 9.84 Å². The molecule has 8 heteroatoms. The first-order chi connectivity index (χ1) is 11.5. The summed E-state index contributed by atoms with van der Waals surface area (Å²) in [6.07, 6.45) is 2.97. The second-order valence-corrected chi connectivity index (χ2v) is 6.40. The fraction of sp³-hybridized carbons (Fsp3) is 0.812. The highest BCUT2D eigenvalue weighted by molar-refractivity contribution is 5.87. The van der Waals surface area contributed by atoms with Gasteiger partial charge in [-0.05, 0) is 32.1 Å². The van der Waals surface area contributed by atoms with E-state index in [1.807, 2.05) is 6.92 Å². The number of morpholine rings is 1. The lowest BCUT2D eigenvalue weighted by Crippen LogP contribution is -2.54. The Morgan fingerprint density at radius 1 is 1.17 bits per heavy atom. The first-order valence-corrected chi connectivity index (χ1v) is 8.67. The Balaban J connectivity index is 1.77. The van der Waals surface area contributed by atoms with Gasteiger partial charge < -0.3 is 25.4 Å². The summed E-state index contributed by atoms with van der Waals surface area (Å²) in [6.45, 7) is 4.03. The van der Waals surface area contributed by atoms with Crippen LogP contribution in [0.2, 0.25) is 0 Å². The van der Waals surface area contributed by atoms with Gasteiger partial charge in [0.25, 0.3) is 0 Å². The molecular weight excluding hydrogens is 314 g/mol. The molecule has 2 aliphatic rings. The van der Waals surface area contributed by atoms with Gasteiger partial charge in [-0.25, -0.2) is 4.79 Å². The van der Waals surface area contributed by atoms with Crippen LogP contribution in [0, 0.1) is 5.92 Å². The number of hydrogen-bond acceptors (Lipinski definition) is 4. The van der Waals surface area contributed by atoms with E-state index in [0.29, 0.717) is 58.4 Å². The van der Waals surface area contributed by atoms with Gasteiger partial charge in [-0.3, -0.25) is 9.59 Å². The molecule has 0 aromatic heterocycles. The maximum absolute atomic E-state index is 12.4. The van der Waals surface area contributed by atoms with Crippen LogP contribution in [-0.2, 0) is 14.3 Å². The second-order valence-electron chi connectivity index (χ2n) is 6.40. The van der Waals surface area contributed by atoms with Crippen LogP contribution >= 0.6 is 0 Å². The van der Waals surface area contributed by atoms with Gasteiger partial charge in [-0.15, -0.1) is 0 Å². The largest absolute Gasteiger partial charge is 0.481 e. The van der Waals surface area contributed by atoms with Crippen molar-refractivity contribution in [2.45, 2.75) is 51.1 Å². The molecule has 8 nitrogen and oxygen atoms in total. The maximum Gasteiger partial charge on any atom is 0.315 e. The summed E-state index contributed by atoms with van der Waals surface area (Å²) in [7, 11) is 0. The maximum atomic E-state index is 12.4. The first kappa shape index (κ1) is 18.5. The minimum absolute atomic E-state index is 0.0309. The van der Waals surface area contributed by atoms with Crippen molar-refractivity contribution in [2.75, 3.05) is 26.3 Å². The molecule has 2 fully saturated rings. The molecule has 1 aliphatic carbocycles. The van der Waals surface area contributed by atoms with Crippen LogP contribution in [0.25, 0.3) is 0 Å². The predicted octanol–water partition coefficient (Wildman–Crippen LogP) is 0.566. The third kappa shape index (κ3) is 5.09. The molecule has 1 atom stereocenters. The van der Waals surface area contributed by atoms with E-state index >= 15 is 0 Å². The van der Waals surface area contributed by atoms with Gasteiger partial charge in [-0.2, -0.15) is 0 Å². The smallest absolute Gasteiger partial charge is 0.315 e. The molecule has 136 valence electrons.